The Balaban J connectivity index is 1.16. The molecule has 0 spiro atoms. The number of carbonyl (C=O) groups is 1. The van der Waals surface area contributed by atoms with Crippen LogP contribution in [0.2, 0.25) is 0 Å². The first-order chi connectivity index (χ1) is 25.3. The SMILES string of the molecule is Cn1cc(-c2oc3nc(-c4ccccc4)nc(Oc4ccc(NC(=O)c5cccn(-c6ccc(F)cc6)c5=O)cc4)c3c2-c2cccc(N)c2)cn1. The van der Waals surface area contributed by atoms with E-state index in [-0.39, 0.29) is 11.4 Å². The maximum absolute atomic E-state index is 13.4. The Labute approximate surface area is 295 Å². The molecular formula is C40H28FN7O4. The summed E-state index contributed by atoms with van der Waals surface area (Å²) in [5.74, 6) is 0.538. The Hall–Kier alpha value is -7.34. The first-order valence-corrected chi connectivity index (χ1v) is 16.1. The topological polar surface area (TPSA) is 143 Å². The number of rotatable bonds is 8. The molecule has 52 heavy (non-hydrogen) atoms. The fourth-order valence-corrected chi connectivity index (χ4v) is 5.86. The summed E-state index contributed by atoms with van der Waals surface area (Å²) in [5, 5.41) is 7.65. The number of anilines is 2. The van der Waals surface area contributed by atoms with E-state index >= 15 is 0 Å². The molecule has 4 heterocycles. The number of aromatic nitrogens is 5. The van der Waals surface area contributed by atoms with Crippen LogP contribution in [0.3, 0.4) is 0 Å². The second-order valence-electron chi connectivity index (χ2n) is 11.9. The molecule has 12 heteroatoms. The van der Waals surface area contributed by atoms with Crippen molar-refractivity contribution in [2.24, 2.45) is 7.05 Å². The molecule has 0 unspecified atom stereocenters. The van der Waals surface area contributed by atoms with Crippen LogP contribution in [0.25, 0.3) is 50.6 Å². The van der Waals surface area contributed by atoms with Crippen molar-refractivity contribution < 1.29 is 18.3 Å². The number of nitrogen functional groups attached to an aromatic ring is 1. The Kier molecular flexibility index (Phi) is 8.08. The Morgan fingerprint density at radius 3 is 2.37 bits per heavy atom. The number of furan rings is 1. The van der Waals surface area contributed by atoms with Gasteiger partial charge in [0.2, 0.25) is 11.6 Å². The first kappa shape index (κ1) is 31.9. The Morgan fingerprint density at radius 2 is 1.63 bits per heavy atom. The highest BCUT2D eigenvalue weighted by Crippen LogP contribution is 2.45. The summed E-state index contributed by atoms with van der Waals surface area (Å²) >= 11 is 0. The van der Waals surface area contributed by atoms with Gasteiger partial charge in [0, 0.05) is 47.6 Å². The maximum Gasteiger partial charge on any atom is 0.267 e. The van der Waals surface area contributed by atoms with Gasteiger partial charge in [-0.15, -0.1) is 0 Å². The van der Waals surface area contributed by atoms with Crippen molar-refractivity contribution in [3.63, 3.8) is 0 Å². The van der Waals surface area contributed by atoms with Crippen molar-refractivity contribution in [2.45, 2.75) is 0 Å². The normalized spacial score (nSPS) is 11.1. The lowest BCUT2D eigenvalue weighted by molar-refractivity contribution is 0.102. The lowest BCUT2D eigenvalue weighted by Crippen LogP contribution is -2.27. The van der Waals surface area contributed by atoms with Crippen LogP contribution in [0.15, 0.2) is 143 Å². The van der Waals surface area contributed by atoms with E-state index in [0.29, 0.717) is 51.1 Å². The van der Waals surface area contributed by atoms with Gasteiger partial charge in [-0.05, 0) is 78.4 Å². The van der Waals surface area contributed by atoms with E-state index in [1.54, 1.807) is 47.3 Å². The minimum Gasteiger partial charge on any atom is -0.438 e. The van der Waals surface area contributed by atoms with E-state index in [1.807, 2.05) is 61.8 Å². The molecule has 0 atom stereocenters. The summed E-state index contributed by atoms with van der Waals surface area (Å²) in [4.78, 5) is 36.1. The summed E-state index contributed by atoms with van der Waals surface area (Å²) in [7, 11) is 1.82. The van der Waals surface area contributed by atoms with Gasteiger partial charge in [0.15, 0.2) is 5.82 Å². The molecular weight excluding hydrogens is 661 g/mol. The van der Waals surface area contributed by atoms with Gasteiger partial charge >= 0.3 is 0 Å². The van der Waals surface area contributed by atoms with Crippen molar-refractivity contribution in [1.29, 1.82) is 0 Å². The van der Waals surface area contributed by atoms with Crippen LogP contribution < -0.4 is 21.3 Å². The van der Waals surface area contributed by atoms with Crippen molar-refractivity contribution in [2.75, 3.05) is 11.1 Å². The molecule has 0 aliphatic carbocycles. The predicted molar refractivity (Wildman–Crippen MR) is 196 cm³/mol. The lowest BCUT2D eigenvalue weighted by atomic mass is 10.0. The number of hydrogen-bond acceptors (Lipinski definition) is 8. The zero-order valence-electron chi connectivity index (χ0n) is 27.5. The molecule has 0 fully saturated rings. The van der Waals surface area contributed by atoms with Crippen LogP contribution in [0, 0.1) is 5.82 Å². The molecule has 4 aromatic heterocycles. The van der Waals surface area contributed by atoms with Crippen LogP contribution in [0.5, 0.6) is 11.6 Å². The van der Waals surface area contributed by atoms with Crippen LogP contribution in [0.4, 0.5) is 15.8 Å². The van der Waals surface area contributed by atoms with Gasteiger partial charge in [-0.3, -0.25) is 18.8 Å². The van der Waals surface area contributed by atoms with E-state index < -0.39 is 17.3 Å². The molecule has 4 aromatic carbocycles. The summed E-state index contributed by atoms with van der Waals surface area (Å²) in [6.07, 6.45) is 5.07. The molecule has 0 saturated heterocycles. The van der Waals surface area contributed by atoms with Crippen molar-refractivity contribution in [3.8, 4) is 51.2 Å². The smallest absolute Gasteiger partial charge is 0.267 e. The average molecular weight is 690 g/mol. The fourth-order valence-electron chi connectivity index (χ4n) is 5.86. The highest BCUT2D eigenvalue weighted by atomic mass is 19.1. The van der Waals surface area contributed by atoms with Gasteiger partial charge in [-0.1, -0.05) is 42.5 Å². The zero-order valence-corrected chi connectivity index (χ0v) is 27.5. The van der Waals surface area contributed by atoms with Gasteiger partial charge in [0.25, 0.3) is 11.5 Å². The van der Waals surface area contributed by atoms with Gasteiger partial charge in [-0.25, -0.2) is 4.39 Å². The minimum atomic E-state index is -0.603. The van der Waals surface area contributed by atoms with Gasteiger partial charge in [0.1, 0.15) is 28.3 Å². The standard InChI is InChI=1S/C40H28FN7O4/c1-47-23-26(22-43-47)35-33(25-9-5-10-28(42)21-25)34-38(45-36(46-39(34)52-35)24-7-3-2-4-8-24)51-31-18-14-29(15-19-31)44-37(49)32-11-6-20-48(40(32)50)30-16-12-27(41)13-17-30/h2-23H,42H2,1H3,(H,44,49). The molecule has 0 aliphatic heterocycles. The molecule has 8 aromatic rings. The number of halogens is 1. The molecule has 254 valence electrons. The fraction of sp³-hybridized carbons (Fsp3) is 0.0250. The highest BCUT2D eigenvalue weighted by Gasteiger charge is 2.26. The number of carbonyl (C=O) groups excluding carboxylic acids is 1. The second kappa shape index (κ2) is 13.2. The third-order valence-corrected chi connectivity index (χ3v) is 8.32. The largest absolute Gasteiger partial charge is 0.438 e. The molecule has 0 saturated carbocycles. The van der Waals surface area contributed by atoms with Crippen LogP contribution in [-0.2, 0) is 7.05 Å². The monoisotopic (exact) mass is 689 g/mol. The molecule has 0 bridgehead atoms. The molecule has 8 rings (SSSR count). The quantitative estimate of drug-likeness (QED) is 0.154. The van der Waals surface area contributed by atoms with Crippen LogP contribution >= 0.6 is 0 Å². The molecule has 0 radical (unpaired) electrons. The van der Waals surface area contributed by atoms with Crippen molar-refractivity contribution in [3.05, 3.63) is 156 Å². The highest BCUT2D eigenvalue weighted by molar-refractivity contribution is 6.05. The number of pyridine rings is 1. The van der Waals surface area contributed by atoms with E-state index in [9.17, 15) is 14.0 Å². The summed E-state index contributed by atoms with van der Waals surface area (Å²) in [6, 6.07) is 32.0. The van der Waals surface area contributed by atoms with Crippen LogP contribution in [0.1, 0.15) is 10.4 Å². The number of benzene rings is 4. The summed E-state index contributed by atoms with van der Waals surface area (Å²) < 4.78 is 29.4. The number of ether oxygens (including phenoxy) is 1. The minimum absolute atomic E-state index is 0.0811. The molecule has 0 aliphatic rings. The zero-order chi connectivity index (χ0) is 35.8. The van der Waals surface area contributed by atoms with E-state index in [1.165, 1.54) is 41.1 Å². The first-order valence-electron chi connectivity index (χ1n) is 16.1. The molecule has 1 amide bonds. The Morgan fingerprint density at radius 1 is 0.865 bits per heavy atom. The maximum atomic E-state index is 13.4. The van der Waals surface area contributed by atoms with E-state index in [0.717, 1.165) is 16.7 Å². The van der Waals surface area contributed by atoms with Gasteiger partial charge in [0.05, 0.1) is 11.8 Å². The van der Waals surface area contributed by atoms with Gasteiger partial charge < -0.3 is 20.2 Å². The third kappa shape index (κ3) is 6.16. The van der Waals surface area contributed by atoms with E-state index in [4.69, 9.17) is 24.9 Å². The number of aryl methyl sites for hydroxylation is 1. The number of fused-ring (bicyclic) bond motifs is 1. The Bertz CT molecular complexity index is 2650. The third-order valence-electron chi connectivity index (χ3n) is 8.32. The number of nitrogens with zero attached hydrogens (tertiary/aromatic N) is 5. The number of nitrogens with two attached hydrogens (primary N) is 1. The van der Waals surface area contributed by atoms with Crippen molar-refractivity contribution in [1.82, 2.24) is 24.3 Å². The van der Waals surface area contributed by atoms with Crippen LogP contribution in [-0.4, -0.2) is 30.2 Å². The molecule has 11 nitrogen and oxygen atoms in total. The average Bonchev–Trinajstić information content (AvgIpc) is 3.77. The summed E-state index contributed by atoms with van der Waals surface area (Å²) in [6.45, 7) is 0. The number of amides is 1. The number of nitrogens with one attached hydrogen (secondary N) is 1. The predicted octanol–water partition coefficient (Wildman–Crippen LogP) is 7.87. The lowest BCUT2D eigenvalue weighted by Gasteiger charge is -2.11. The second-order valence-corrected chi connectivity index (χ2v) is 11.9. The summed E-state index contributed by atoms with van der Waals surface area (Å²) in [5.41, 5.74) is 10.3. The number of hydrogen-bond donors (Lipinski definition) is 2. The molecule has 3 N–H and O–H groups in total. The van der Waals surface area contributed by atoms with Gasteiger partial charge in [-0.2, -0.15) is 15.1 Å². The van der Waals surface area contributed by atoms with Crippen molar-refractivity contribution >= 4 is 28.4 Å². The van der Waals surface area contributed by atoms with E-state index in [2.05, 4.69) is 10.4 Å².